The Bertz CT molecular complexity index is 1160. The van der Waals surface area contributed by atoms with Crippen LogP contribution >= 0.6 is 11.6 Å². The van der Waals surface area contributed by atoms with E-state index in [0.717, 1.165) is 25.7 Å². The second-order valence-corrected chi connectivity index (χ2v) is 11.1. The Morgan fingerprint density at radius 3 is 2.61 bits per heavy atom. The van der Waals surface area contributed by atoms with E-state index in [4.69, 9.17) is 20.9 Å². The second kappa shape index (κ2) is 9.42. The molecule has 1 aliphatic heterocycles. The number of nitrogens with zero attached hydrogens (tertiary/aromatic N) is 2. The molecule has 8 nitrogen and oxygen atoms in total. The van der Waals surface area contributed by atoms with Crippen molar-refractivity contribution in [3.8, 4) is 11.3 Å². The maximum Gasteiger partial charge on any atom is 0.344 e. The molecule has 0 unspecified atom stereocenters. The Balaban J connectivity index is 1.52. The molecule has 2 aromatic rings. The first-order valence-corrected chi connectivity index (χ1v) is 13.0. The molecular weight excluding hydrogens is 475 g/mol. The fourth-order valence-corrected chi connectivity index (χ4v) is 6.63. The number of rotatable bonds is 6. The lowest BCUT2D eigenvalue weighted by atomic mass is 10.1. The number of sulfone groups is 1. The maximum absolute atomic E-state index is 14.4. The summed E-state index contributed by atoms with van der Waals surface area (Å²) in [6, 6.07) is 3.57. The van der Waals surface area contributed by atoms with Gasteiger partial charge < -0.3 is 14.2 Å². The van der Waals surface area contributed by atoms with E-state index in [9.17, 15) is 22.4 Å². The zero-order valence-electron chi connectivity index (χ0n) is 18.1. The molecule has 0 spiro atoms. The summed E-state index contributed by atoms with van der Waals surface area (Å²) in [6.45, 7) is 0.902. The van der Waals surface area contributed by atoms with Crippen molar-refractivity contribution in [3.63, 3.8) is 0 Å². The van der Waals surface area contributed by atoms with Crippen molar-refractivity contribution in [3.05, 3.63) is 40.4 Å². The van der Waals surface area contributed by atoms with E-state index in [1.54, 1.807) is 4.90 Å². The van der Waals surface area contributed by atoms with Gasteiger partial charge in [-0.3, -0.25) is 4.79 Å². The van der Waals surface area contributed by atoms with Crippen molar-refractivity contribution in [2.45, 2.75) is 51.1 Å². The molecule has 33 heavy (non-hydrogen) atoms. The number of aromatic nitrogens is 1. The lowest BCUT2D eigenvalue weighted by Gasteiger charge is -2.33. The first-order valence-electron chi connectivity index (χ1n) is 10.8. The van der Waals surface area contributed by atoms with Crippen LogP contribution < -0.4 is 0 Å². The quantitative estimate of drug-likeness (QED) is 0.560. The third-order valence-electron chi connectivity index (χ3n) is 6.20. The SMILES string of the molecule is Cc1onc(-c2c(F)cccc2Cl)c1C(=O)OCC(=O)N(C1CCCC1)[C@@H]1CCS(=O)(=O)C1. The normalized spacial score (nSPS) is 20.2. The van der Waals surface area contributed by atoms with E-state index < -0.39 is 40.2 Å². The molecule has 1 aromatic carbocycles. The summed E-state index contributed by atoms with van der Waals surface area (Å²) in [6.07, 6.45) is 3.87. The summed E-state index contributed by atoms with van der Waals surface area (Å²) in [5.74, 6) is -1.98. The van der Waals surface area contributed by atoms with E-state index in [1.165, 1.54) is 25.1 Å². The summed E-state index contributed by atoms with van der Waals surface area (Å²) in [7, 11) is -3.19. The largest absolute Gasteiger partial charge is 0.452 e. The zero-order chi connectivity index (χ0) is 23.8. The number of esters is 1. The van der Waals surface area contributed by atoms with Crippen LogP contribution in [0.25, 0.3) is 11.3 Å². The standard InChI is InChI=1S/C22H24ClFN2O6S/c1-13-19(21(25-32-13)20-16(23)7-4-8-17(20)24)22(28)31-11-18(27)26(14-5-2-3-6-14)15-9-10-33(29,30)12-15/h4,7-8,14-15H,2-3,5-6,9-12H2,1H3/t15-/m1/s1. The third kappa shape index (κ3) is 4.91. The number of hydrogen-bond acceptors (Lipinski definition) is 7. The molecule has 4 rings (SSSR count). The van der Waals surface area contributed by atoms with Crippen LogP contribution in [0.1, 0.15) is 48.2 Å². The predicted octanol–water partition coefficient (Wildman–Crippen LogP) is 3.56. The van der Waals surface area contributed by atoms with Gasteiger partial charge in [0.05, 0.1) is 22.1 Å². The van der Waals surface area contributed by atoms with Gasteiger partial charge in [-0.15, -0.1) is 0 Å². The molecule has 1 amide bonds. The maximum atomic E-state index is 14.4. The lowest BCUT2D eigenvalue weighted by molar-refractivity contribution is -0.139. The number of carbonyl (C=O) groups excluding carboxylic acids is 2. The van der Waals surface area contributed by atoms with E-state index in [-0.39, 0.29) is 45.2 Å². The number of aryl methyl sites for hydroxylation is 1. The number of hydrogen-bond donors (Lipinski definition) is 0. The van der Waals surface area contributed by atoms with Crippen molar-refractivity contribution in [1.82, 2.24) is 10.1 Å². The summed E-state index contributed by atoms with van der Waals surface area (Å²) in [5.41, 5.74) is -0.328. The Labute approximate surface area is 195 Å². The number of ether oxygens (including phenoxy) is 1. The van der Waals surface area contributed by atoms with E-state index in [1.807, 2.05) is 0 Å². The molecule has 1 saturated carbocycles. The summed E-state index contributed by atoms with van der Waals surface area (Å²) in [4.78, 5) is 27.5. The Morgan fingerprint density at radius 1 is 1.24 bits per heavy atom. The average molecular weight is 499 g/mol. The molecule has 0 radical (unpaired) electrons. The van der Waals surface area contributed by atoms with Gasteiger partial charge in [0.1, 0.15) is 22.8 Å². The monoisotopic (exact) mass is 498 g/mol. The molecule has 11 heteroatoms. The molecular formula is C22H24ClFN2O6S. The summed E-state index contributed by atoms with van der Waals surface area (Å²) >= 11 is 6.10. The van der Waals surface area contributed by atoms with Crippen LogP contribution in [0.3, 0.4) is 0 Å². The van der Waals surface area contributed by atoms with Gasteiger partial charge in [-0.1, -0.05) is 35.7 Å². The zero-order valence-corrected chi connectivity index (χ0v) is 19.6. The van der Waals surface area contributed by atoms with Gasteiger partial charge in [-0.2, -0.15) is 0 Å². The molecule has 0 N–H and O–H groups in total. The molecule has 1 atom stereocenters. The molecule has 0 bridgehead atoms. The van der Waals surface area contributed by atoms with Gasteiger partial charge >= 0.3 is 5.97 Å². The number of benzene rings is 1. The Morgan fingerprint density at radius 2 is 1.97 bits per heavy atom. The van der Waals surface area contributed by atoms with Gasteiger partial charge in [0.2, 0.25) is 0 Å². The van der Waals surface area contributed by atoms with Gasteiger partial charge in [0.15, 0.2) is 16.4 Å². The second-order valence-electron chi connectivity index (χ2n) is 8.43. The van der Waals surface area contributed by atoms with Crippen LogP contribution in [-0.4, -0.2) is 60.5 Å². The van der Waals surface area contributed by atoms with Crippen LogP contribution in [0.4, 0.5) is 4.39 Å². The first kappa shape index (κ1) is 23.7. The minimum Gasteiger partial charge on any atom is -0.452 e. The summed E-state index contributed by atoms with van der Waals surface area (Å²) < 4.78 is 48.7. The fourth-order valence-electron chi connectivity index (χ4n) is 4.66. The molecule has 1 aromatic heterocycles. The van der Waals surface area contributed by atoms with Crippen LogP contribution in [0.5, 0.6) is 0 Å². The van der Waals surface area contributed by atoms with Crippen LogP contribution in [-0.2, 0) is 19.4 Å². The van der Waals surface area contributed by atoms with Crippen molar-refractivity contribution < 1.29 is 31.7 Å². The highest BCUT2D eigenvalue weighted by atomic mass is 35.5. The van der Waals surface area contributed by atoms with Crippen LogP contribution in [0, 0.1) is 12.7 Å². The van der Waals surface area contributed by atoms with E-state index in [0.29, 0.717) is 6.42 Å². The smallest absolute Gasteiger partial charge is 0.344 e. The van der Waals surface area contributed by atoms with Crippen LogP contribution in [0.2, 0.25) is 5.02 Å². The Kier molecular flexibility index (Phi) is 6.76. The van der Waals surface area contributed by atoms with Gasteiger partial charge in [0.25, 0.3) is 5.91 Å². The summed E-state index contributed by atoms with van der Waals surface area (Å²) in [5, 5.41) is 3.82. The number of amides is 1. The van der Waals surface area contributed by atoms with E-state index in [2.05, 4.69) is 5.16 Å². The highest BCUT2D eigenvalue weighted by Crippen LogP contribution is 2.34. The van der Waals surface area contributed by atoms with Gasteiger partial charge in [-0.25, -0.2) is 17.6 Å². The molecule has 1 aliphatic carbocycles. The minimum absolute atomic E-state index is 0.0423. The van der Waals surface area contributed by atoms with Gasteiger partial charge in [-0.05, 0) is 38.3 Å². The van der Waals surface area contributed by atoms with Crippen molar-refractivity contribution in [2.24, 2.45) is 0 Å². The van der Waals surface area contributed by atoms with Crippen molar-refractivity contribution in [2.75, 3.05) is 18.1 Å². The highest BCUT2D eigenvalue weighted by Gasteiger charge is 2.39. The molecule has 2 aliphatic rings. The predicted molar refractivity (Wildman–Crippen MR) is 118 cm³/mol. The number of halogens is 2. The highest BCUT2D eigenvalue weighted by molar-refractivity contribution is 7.91. The van der Waals surface area contributed by atoms with Crippen LogP contribution in [0.15, 0.2) is 22.7 Å². The lowest BCUT2D eigenvalue weighted by Crippen LogP contribution is -2.48. The Hall–Kier alpha value is -2.46. The number of carbonyl (C=O) groups is 2. The van der Waals surface area contributed by atoms with E-state index >= 15 is 0 Å². The van der Waals surface area contributed by atoms with Crippen molar-refractivity contribution >= 4 is 33.3 Å². The molecule has 178 valence electrons. The first-order chi connectivity index (χ1) is 15.7. The minimum atomic E-state index is -3.19. The third-order valence-corrected chi connectivity index (χ3v) is 8.27. The molecule has 1 saturated heterocycles. The van der Waals surface area contributed by atoms with Crippen molar-refractivity contribution in [1.29, 1.82) is 0 Å². The average Bonchev–Trinajstić information content (AvgIpc) is 3.48. The topological polar surface area (TPSA) is 107 Å². The molecule has 2 heterocycles. The fraction of sp³-hybridized carbons (Fsp3) is 0.500. The van der Waals surface area contributed by atoms with Gasteiger partial charge in [0, 0.05) is 12.1 Å². The molecule has 2 fully saturated rings.